The first-order valence-corrected chi connectivity index (χ1v) is 5.20. The number of para-hydroxylation sites is 1. The second kappa shape index (κ2) is 5.29. The number of benzene rings is 1. The predicted molar refractivity (Wildman–Crippen MR) is 59.4 cm³/mol. The van der Waals surface area contributed by atoms with Crippen molar-refractivity contribution >= 4 is 23.1 Å². The van der Waals surface area contributed by atoms with Crippen LogP contribution >= 0.6 is 11.8 Å². The maximum atomic E-state index is 9.38. The maximum absolute atomic E-state index is 9.38. The number of amidine groups is 1. The van der Waals surface area contributed by atoms with Gasteiger partial charge in [0.05, 0.1) is 5.56 Å². The molecule has 0 fully saturated rings. The average molecular weight is 210 g/mol. The summed E-state index contributed by atoms with van der Waals surface area (Å²) in [4.78, 5) is 0. The van der Waals surface area contributed by atoms with Gasteiger partial charge in [-0.05, 0) is 18.4 Å². The zero-order valence-electron chi connectivity index (χ0n) is 7.77. The number of thioether (sulfide) groups is 1. The molecule has 0 aliphatic carbocycles. The quantitative estimate of drug-likeness (QED) is 0.349. The van der Waals surface area contributed by atoms with Gasteiger partial charge in [0.1, 0.15) is 5.75 Å². The summed E-state index contributed by atoms with van der Waals surface area (Å²) < 4.78 is 0. The average Bonchev–Trinajstić information content (AvgIpc) is 2.20. The monoisotopic (exact) mass is 210 g/mol. The second-order valence-electron chi connectivity index (χ2n) is 2.49. The topological polar surface area (TPSA) is 72.6 Å². The number of nitrogens with one attached hydrogen (secondary N) is 1. The molecule has 0 aromatic heterocycles. The Morgan fingerprint density at radius 3 is 2.93 bits per heavy atom. The fourth-order valence-electron chi connectivity index (χ4n) is 0.821. The summed E-state index contributed by atoms with van der Waals surface area (Å²) in [5.74, 6) is 0.206. The van der Waals surface area contributed by atoms with Gasteiger partial charge in [0.25, 0.3) is 0 Å². The molecule has 0 heterocycles. The van der Waals surface area contributed by atoms with E-state index in [1.54, 1.807) is 24.4 Å². The number of nitrogens with two attached hydrogens (primary N) is 1. The number of hydrogen-bond acceptors (Lipinski definition) is 3. The van der Waals surface area contributed by atoms with Crippen LogP contribution in [0.2, 0.25) is 0 Å². The Balaban J connectivity index is 2.74. The Morgan fingerprint density at radius 1 is 1.57 bits per heavy atom. The zero-order chi connectivity index (χ0) is 10.4. The van der Waals surface area contributed by atoms with Crippen molar-refractivity contribution in [2.75, 3.05) is 6.26 Å². The van der Waals surface area contributed by atoms with Crippen LogP contribution < -0.4 is 10.8 Å². The van der Waals surface area contributed by atoms with Crippen molar-refractivity contribution in [2.45, 2.75) is 0 Å². The van der Waals surface area contributed by atoms with Gasteiger partial charge in [-0.3, -0.25) is 0 Å². The van der Waals surface area contributed by atoms with Gasteiger partial charge >= 0.3 is 0 Å². The van der Waals surface area contributed by atoms with Crippen LogP contribution in [0.15, 0.2) is 29.4 Å². The molecule has 5 heteroatoms. The van der Waals surface area contributed by atoms with Crippen LogP contribution in [0.3, 0.4) is 0 Å². The molecule has 4 N–H and O–H groups in total. The molecule has 0 unspecified atom stereocenters. The van der Waals surface area contributed by atoms with E-state index in [0.717, 1.165) is 0 Å². The highest BCUT2D eigenvalue weighted by Crippen LogP contribution is 2.11. The van der Waals surface area contributed by atoms with Crippen molar-refractivity contribution in [3.05, 3.63) is 29.8 Å². The number of rotatable bonds is 2. The number of phenolic OH excluding ortho intramolecular Hbond substituents is 1. The Bertz CT molecular complexity index is 363. The van der Waals surface area contributed by atoms with Crippen LogP contribution in [0.1, 0.15) is 5.56 Å². The van der Waals surface area contributed by atoms with Crippen LogP contribution in [-0.2, 0) is 0 Å². The van der Waals surface area contributed by atoms with Crippen LogP contribution in [0.5, 0.6) is 5.75 Å². The molecule has 4 nitrogen and oxygen atoms in total. The first-order chi connectivity index (χ1) is 6.74. The maximum Gasteiger partial charge on any atom is 0.225 e. The number of hydrogen-bond donors (Lipinski definition) is 3. The van der Waals surface area contributed by atoms with E-state index >= 15 is 0 Å². The minimum Gasteiger partial charge on any atom is -0.507 e. The molecule has 0 saturated heterocycles. The standard InChI is InChI=1S/C9H11N3OS/c1-14-9(10)12-11-6-7-4-2-3-5-8(7)13/h2-6,13H,1H3,(H2,10,12)/p+1. The van der Waals surface area contributed by atoms with E-state index in [0.29, 0.717) is 10.7 Å². The van der Waals surface area contributed by atoms with Crippen molar-refractivity contribution in [3.8, 4) is 5.75 Å². The highest BCUT2D eigenvalue weighted by atomic mass is 32.2. The van der Waals surface area contributed by atoms with E-state index in [2.05, 4.69) is 10.2 Å². The molecule has 74 valence electrons. The molecule has 0 spiro atoms. The van der Waals surface area contributed by atoms with E-state index in [-0.39, 0.29) is 5.75 Å². The lowest BCUT2D eigenvalue weighted by Gasteiger charge is -1.91. The van der Waals surface area contributed by atoms with Crippen LogP contribution in [0, 0.1) is 0 Å². The SMILES string of the molecule is CSC(N)=N[NH+]=Cc1ccccc1O. The van der Waals surface area contributed by atoms with Crippen LogP contribution in [0.4, 0.5) is 0 Å². The number of phenols is 1. The van der Waals surface area contributed by atoms with Crippen molar-refractivity contribution < 1.29 is 10.2 Å². The third-order valence-electron chi connectivity index (χ3n) is 1.54. The third kappa shape index (κ3) is 3.10. The molecular weight excluding hydrogens is 198 g/mol. The number of nitrogens with zero attached hydrogens (tertiary/aromatic N) is 1. The van der Waals surface area contributed by atoms with E-state index < -0.39 is 0 Å². The Hall–Kier alpha value is -1.49. The molecule has 0 amide bonds. The van der Waals surface area contributed by atoms with Crippen molar-refractivity contribution in [1.29, 1.82) is 0 Å². The molecule has 0 aliphatic rings. The van der Waals surface area contributed by atoms with Crippen molar-refractivity contribution in [2.24, 2.45) is 10.8 Å². The van der Waals surface area contributed by atoms with Crippen molar-refractivity contribution in [1.82, 2.24) is 0 Å². The normalized spacial score (nSPS) is 12.2. The van der Waals surface area contributed by atoms with E-state index in [9.17, 15) is 5.11 Å². The fraction of sp³-hybridized carbons (Fsp3) is 0.111. The van der Waals surface area contributed by atoms with E-state index in [4.69, 9.17) is 5.73 Å². The van der Waals surface area contributed by atoms with Gasteiger partial charge in [-0.2, -0.15) is 0 Å². The molecule has 0 aliphatic heterocycles. The predicted octanol–water partition coefficient (Wildman–Crippen LogP) is -0.516. The van der Waals surface area contributed by atoms with Gasteiger partial charge in [0.2, 0.25) is 11.4 Å². The third-order valence-corrected chi connectivity index (χ3v) is 2.05. The van der Waals surface area contributed by atoms with Gasteiger partial charge in [0, 0.05) is 5.10 Å². The van der Waals surface area contributed by atoms with Gasteiger partial charge in [-0.1, -0.05) is 23.9 Å². The molecule has 0 bridgehead atoms. The summed E-state index contributed by atoms with van der Waals surface area (Å²) in [6.07, 6.45) is 3.42. The number of hydrazone groups is 1. The molecule has 0 radical (unpaired) electrons. The van der Waals surface area contributed by atoms with E-state index in [1.807, 2.05) is 12.3 Å². The lowest BCUT2D eigenvalue weighted by atomic mass is 10.2. The Morgan fingerprint density at radius 2 is 2.29 bits per heavy atom. The van der Waals surface area contributed by atoms with Crippen LogP contribution in [-0.4, -0.2) is 22.7 Å². The minimum atomic E-state index is 0.206. The molecule has 14 heavy (non-hydrogen) atoms. The van der Waals surface area contributed by atoms with Gasteiger partial charge in [-0.25, -0.2) is 0 Å². The van der Waals surface area contributed by atoms with Gasteiger partial charge < -0.3 is 10.8 Å². The lowest BCUT2D eigenvalue weighted by molar-refractivity contribution is -0.456. The Labute approximate surface area is 86.5 Å². The first-order valence-electron chi connectivity index (χ1n) is 3.98. The minimum absolute atomic E-state index is 0.206. The second-order valence-corrected chi connectivity index (χ2v) is 3.31. The Kier molecular flexibility index (Phi) is 4.00. The molecule has 1 rings (SSSR count). The molecule has 0 atom stereocenters. The smallest absolute Gasteiger partial charge is 0.225 e. The first kappa shape index (κ1) is 10.6. The summed E-state index contributed by atoms with van der Waals surface area (Å²) >= 11 is 1.35. The summed E-state index contributed by atoms with van der Waals surface area (Å²) in [6.45, 7) is 0. The summed E-state index contributed by atoms with van der Waals surface area (Å²) in [7, 11) is 0. The lowest BCUT2D eigenvalue weighted by Crippen LogP contribution is -2.62. The van der Waals surface area contributed by atoms with Crippen LogP contribution in [0.25, 0.3) is 0 Å². The van der Waals surface area contributed by atoms with Crippen molar-refractivity contribution in [3.63, 3.8) is 0 Å². The molecule has 1 aromatic carbocycles. The number of aromatic hydroxyl groups is 1. The van der Waals surface area contributed by atoms with Gasteiger partial charge in [0.15, 0.2) is 0 Å². The largest absolute Gasteiger partial charge is 0.507 e. The van der Waals surface area contributed by atoms with E-state index in [1.165, 1.54) is 11.8 Å². The summed E-state index contributed by atoms with van der Waals surface area (Å²) in [6, 6.07) is 6.96. The van der Waals surface area contributed by atoms with Gasteiger partial charge in [-0.15, -0.1) is 5.10 Å². The molecule has 0 saturated carbocycles. The summed E-state index contributed by atoms with van der Waals surface area (Å²) in [5, 5.41) is 16.3. The fourth-order valence-corrected chi connectivity index (χ4v) is 0.965. The zero-order valence-corrected chi connectivity index (χ0v) is 8.58. The highest BCUT2D eigenvalue weighted by molar-refractivity contribution is 8.13. The molecule has 1 aromatic rings. The molecular formula is C9H12N3OS+. The highest BCUT2D eigenvalue weighted by Gasteiger charge is 1.97. The summed E-state index contributed by atoms with van der Waals surface area (Å²) in [5.41, 5.74) is 6.11.